The molecule has 13 nitrogen and oxygen atoms in total. The smallest absolute Gasteiger partial charge is 0.306 e. The standard InChI is InChI=1S/C54H86O13/c1-34(2)62-46(58)28-24-19-18-23-27-42-43(32-31-41(30-29-40-25-21-20-22-26-40)65-53(14,15)48(60)36(4)63-50(8,9)38(6)56)45(66-52(12,13)47(59)35(3)55)33-44(42)67-54(16,17)49(61)37(5)64-51(10,11)39(7)57/h18,20-23,25-26,34-37,41-45,55H,19,24,27-33H2,1-17H3/b23-18-/t35-,36-,37-,41?,42?,43?,44?,45?/m0/s1. The molecule has 1 N–H and O–H groups in total. The Balaban J connectivity index is 2.65. The van der Waals surface area contributed by atoms with Crippen LogP contribution >= 0.6 is 0 Å². The Morgan fingerprint density at radius 3 is 1.63 bits per heavy atom. The van der Waals surface area contributed by atoms with E-state index in [0.717, 1.165) is 5.56 Å². The molecule has 1 saturated carbocycles. The molecule has 1 aromatic rings. The lowest BCUT2D eigenvalue weighted by Crippen LogP contribution is -2.48. The van der Waals surface area contributed by atoms with Gasteiger partial charge >= 0.3 is 5.97 Å². The van der Waals surface area contributed by atoms with Gasteiger partial charge in [-0.3, -0.25) is 28.8 Å². The SMILES string of the molecule is CC(=O)C(C)(C)O[C@@H](C)C(=O)C(C)(C)OC(CCc1ccccc1)CCC1C(OC(C)(C)C(=O)[C@H](C)O)CC(OC(C)(C)C(=O)[C@H](C)OC(C)(C)C(C)=O)C1C/C=C\CCCC(=O)OC(C)C. The third-order valence-electron chi connectivity index (χ3n) is 13.0. The zero-order valence-corrected chi connectivity index (χ0v) is 43.9. The first-order valence-corrected chi connectivity index (χ1v) is 24.3. The van der Waals surface area contributed by atoms with Gasteiger partial charge in [-0.15, -0.1) is 0 Å². The summed E-state index contributed by atoms with van der Waals surface area (Å²) in [6.07, 6.45) is 3.66. The molecule has 1 aliphatic rings. The number of carbonyl (C=O) groups is 6. The molecule has 0 spiro atoms. The first-order chi connectivity index (χ1) is 30.7. The number of aryl methyl sites for hydroxylation is 1. The summed E-state index contributed by atoms with van der Waals surface area (Å²) in [7, 11) is 0. The van der Waals surface area contributed by atoms with Gasteiger partial charge in [-0.2, -0.15) is 0 Å². The van der Waals surface area contributed by atoms with Crippen molar-refractivity contribution in [3.63, 3.8) is 0 Å². The van der Waals surface area contributed by atoms with Gasteiger partial charge in [0.15, 0.2) is 28.9 Å². The molecule has 2 rings (SSSR count). The molecule has 0 aromatic heterocycles. The fourth-order valence-electron chi connectivity index (χ4n) is 8.78. The summed E-state index contributed by atoms with van der Waals surface area (Å²) >= 11 is 0. The van der Waals surface area contributed by atoms with Crippen LogP contribution in [0, 0.1) is 11.8 Å². The number of aliphatic hydroxyl groups excluding tert-OH is 1. The van der Waals surface area contributed by atoms with Crippen molar-refractivity contribution in [2.45, 2.75) is 246 Å². The van der Waals surface area contributed by atoms with E-state index in [1.807, 2.05) is 50.3 Å². The van der Waals surface area contributed by atoms with Gasteiger partial charge in [-0.25, -0.2) is 0 Å². The molecule has 1 aromatic carbocycles. The van der Waals surface area contributed by atoms with Crippen LogP contribution in [-0.4, -0.2) is 111 Å². The van der Waals surface area contributed by atoms with Crippen LogP contribution in [-0.2, 0) is 63.6 Å². The van der Waals surface area contributed by atoms with Gasteiger partial charge in [0.1, 0.15) is 46.3 Å². The van der Waals surface area contributed by atoms with Crippen molar-refractivity contribution >= 4 is 34.9 Å². The second kappa shape index (κ2) is 25.4. The van der Waals surface area contributed by atoms with E-state index in [4.69, 9.17) is 28.4 Å². The van der Waals surface area contributed by atoms with E-state index >= 15 is 0 Å². The Kier molecular flexibility index (Phi) is 22.6. The van der Waals surface area contributed by atoms with Crippen molar-refractivity contribution in [1.29, 1.82) is 0 Å². The summed E-state index contributed by atoms with van der Waals surface area (Å²) in [6, 6.07) is 10.00. The lowest BCUT2D eigenvalue weighted by molar-refractivity contribution is -0.172. The Morgan fingerprint density at radius 2 is 1.13 bits per heavy atom. The maximum Gasteiger partial charge on any atom is 0.306 e. The molecule has 0 aliphatic heterocycles. The number of hydrogen-bond donors (Lipinski definition) is 1. The number of unbranched alkanes of at least 4 members (excludes halogenated alkanes) is 1. The summed E-state index contributed by atoms with van der Waals surface area (Å²) in [5.41, 5.74) is -5.33. The zero-order chi connectivity index (χ0) is 51.3. The number of ether oxygens (including phenoxy) is 6. The van der Waals surface area contributed by atoms with Crippen LogP contribution < -0.4 is 0 Å². The summed E-state index contributed by atoms with van der Waals surface area (Å²) in [6.45, 7) is 27.8. The van der Waals surface area contributed by atoms with E-state index in [0.29, 0.717) is 51.4 Å². The number of ketones is 5. The molecule has 0 heterocycles. The van der Waals surface area contributed by atoms with Gasteiger partial charge in [0.05, 0.1) is 24.4 Å². The molecule has 0 radical (unpaired) electrons. The van der Waals surface area contributed by atoms with Crippen LogP contribution in [0.25, 0.3) is 0 Å². The van der Waals surface area contributed by atoms with E-state index in [9.17, 15) is 33.9 Å². The Bertz CT molecular complexity index is 1820. The average Bonchev–Trinajstić information content (AvgIpc) is 3.51. The molecule has 0 amide bonds. The molecule has 8 atom stereocenters. The number of hydrogen-bond acceptors (Lipinski definition) is 13. The lowest BCUT2D eigenvalue weighted by atomic mass is 9.84. The van der Waals surface area contributed by atoms with Gasteiger partial charge < -0.3 is 33.5 Å². The van der Waals surface area contributed by atoms with Crippen LogP contribution in [0.3, 0.4) is 0 Å². The van der Waals surface area contributed by atoms with Gasteiger partial charge in [0.2, 0.25) is 0 Å². The third-order valence-corrected chi connectivity index (χ3v) is 13.0. The third kappa shape index (κ3) is 18.8. The number of esters is 1. The normalized spacial score (nSPS) is 20.4. The van der Waals surface area contributed by atoms with E-state index in [-0.39, 0.29) is 53.5 Å². The molecule has 5 unspecified atom stereocenters. The summed E-state index contributed by atoms with van der Waals surface area (Å²) in [5, 5.41) is 10.4. The minimum Gasteiger partial charge on any atom is -0.463 e. The molecular weight excluding hydrogens is 857 g/mol. The maximum atomic E-state index is 14.1. The minimum atomic E-state index is -1.38. The van der Waals surface area contributed by atoms with E-state index in [2.05, 4.69) is 6.08 Å². The largest absolute Gasteiger partial charge is 0.463 e. The highest BCUT2D eigenvalue weighted by Gasteiger charge is 2.50. The molecule has 1 aliphatic carbocycles. The van der Waals surface area contributed by atoms with Gasteiger partial charge in [-0.05, 0) is 180 Å². The van der Waals surface area contributed by atoms with Crippen molar-refractivity contribution in [3.8, 4) is 0 Å². The van der Waals surface area contributed by atoms with Gasteiger partial charge in [0, 0.05) is 12.8 Å². The highest BCUT2D eigenvalue weighted by Crippen LogP contribution is 2.45. The maximum absolute atomic E-state index is 14.1. The summed E-state index contributed by atoms with van der Waals surface area (Å²) in [5.74, 6) is -2.34. The van der Waals surface area contributed by atoms with Gasteiger partial charge in [-0.1, -0.05) is 42.5 Å². The number of carbonyl (C=O) groups excluding carboxylic acids is 6. The van der Waals surface area contributed by atoms with Crippen LogP contribution in [0.2, 0.25) is 0 Å². The summed E-state index contributed by atoms with van der Waals surface area (Å²) in [4.78, 5) is 78.5. The zero-order valence-electron chi connectivity index (χ0n) is 43.9. The Hall–Kier alpha value is -3.46. The molecule has 1 fully saturated rings. The predicted molar refractivity (Wildman–Crippen MR) is 259 cm³/mol. The highest BCUT2D eigenvalue weighted by atomic mass is 16.6. The minimum absolute atomic E-state index is 0.195. The molecule has 0 saturated heterocycles. The Morgan fingerprint density at radius 1 is 0.642 bits per heavy atom. The number of aliphatic hydroxyl groups is 1. The molecular formula is C54H86O13. The topological polar surface area (TPSA) is 178 Å². The monoisotopic (exact) mass is 943 g/mol. The second-order valence-corrected chi connectivity index (χ2v) is 21.3. The van der Waals surface area contributed by atoms with Crippen molar-refractivity contribution in [2.75, 3.05) is 0 Å². The molecule has 13 heteroatoms. The second-order valence-electron chi connectivity index (χ2n) is 21.3. The van der Waals surface area contributed by atoms with E-state index in [1.54, 1.807) is 83.1 Å². The van der Waals surface area contributed by atoms with Crippen molar-refractivity contribution in [3.05, 3.63) is 48.0 Å². The average molecular weight is 943 g/mol. The number of rotatable bonds is 31. The molecule has 380 valence electrons. The van der Waals surface area contributed by atoms with Gasteiger partial charge in [0.25, 0.3) is 0 Å². The highest BCUT2D eigenvalue weighted by molar-refractivity contribution is 5.92. The van der Waals surface area contributed by atoms with Crippen LogP contribution in [0.1, 0.15) is 175 Å². The predicted octanol–water partition coefficient (Wildman–Crippen LogP) is 9.23. The Labute approximate surface area is 402 Å². The molecule has 0 bridgehead atoms. The lowest BCUT2D eigenvalue weighted by Gasteiger charge is -2.36. The first kappa shape index (κ1) is 59.7. The number of allylic oxidation sites excluding steroid dienone is 2. The van der Waals surface area contributed by atoms with Crippen molar-refractivity contribution in [2.24, 2.45) is 11.8 Å². The van der Waals surface area contributed by atoms with Crippen LogP contribution in [0.5, 0.6) is 0 Å². The number of benzene rings is 1. The fraction of sp³-hybridized carbons (Fsp3) is 0.741. The van der Waals surface area contributed by atoms with Crippen LogP contribution in [0.4, 0.5) is 0 Å². The quantitative estimate of drug-likeness (QED) is 0.0424. The van der Waals surface area contributed by atoms with Crippen LogP contribution in [0.15, 0.2) is 42.5 Å². The molecule has 67 heavy (non-hydrogen) atoms. The van der Waals surface area contributed by atoms with E-state index in [1.165, 1.54) is 20.8 Å². The summed E-state index contributed by atoms with van der Waals surface area (Å²) < 4.78 is 37.7. The van der Waals surface area contributed by atoms with Crippen molar-refractivity contribution < 1.29 is 62.3 Å². The van der Waals surface area contributed by atoms with Crippen molar-refractivity contribution in [1.82, 2.24) is 0 Å². The fourth-order valence-corrected chi connectivity index (χ4v) is 8.78. The van der Waals surface area contributed by atoms with E-state index < -0.39 is 70.4 Å². The first-order valence-electron chi connectivity index (χ1n) is 24.3. The number of Topliss-reactive ketones (excluding diaryl/α,β-unsaturated/α-hetero) is 5.